The highest BCUT2D eigenvalue weighted by Crippen LogP contribution is 2.08. The van der Waals surface area contributed by atoms with Crippen molar-refractivity contribution < 1.29 is 14.7 Å². The van der Waals surface area contributed by atoms with Crippen molar-refractivity contribution in [2.75, 3.05) is 6.54 Å². The van der Waals surface area contributed by atoms with E-state index in [0.717, 1.165) is 0 Å². The van der Waals surface area contributed by atoms with Gasteiger partial charge in [0.25, 0.3) is 0 Å². The zero-order chi connectivity index (χ0) is 11.3. The number of carbonyl (C=O) groups is 2. The van der Waals surface area contributed by atoms with Gasteiger partial charge in [0.15, 0.2) is 6.04 Å². The minimum atomic E-state index is -1.15. The van der Waals surface area contributed by atoms with E-state index in [1.807, 2.05) is 0 Å². The molecule has 1 aromatic heterocycles. The van der Waals surface area contributed by atoms with Crippen LogP contribution in [0.1, 0.15) is 18.2 Å². The Labute approximate surface area is 85.7 Å². The molecule has 0 radical (unpaired) electrons. The lowest BCUT2D eigenvalue weighted by Gasteiger charge is -2.12. The van der Waals surface area contributed by atoms with Crippen molar-refractivity contribution in [3.8, 4) is 0 Å². The predicted molar refractivity (Wildman–Crippen MR) is 50.8 cm³/mol. The Morgan fingerprint density at radius 2 is 2.40 bits per heavy atom. The van der Waals surface area contributed by atoms with Gasteiger partial charge in [-0.1, -0.05) is 0 Å². The van der Waals surface area contributed by atoms with Gasteiger partial charge in [-0.2, -0.15) is 0 Å². The van der Waals surface area contributed by atoms with E-state index in [1.54, 1.807) is 0 Å². The summed E-state index contributed by atoms with van der Waals surface area (Å²) in [6, 6.07) is -1.11. The van der Waals surface area contributed by atoms with Gasteiger partial charge in [-0.05, 0) is 0 Å². The molecule has 1 aromatic rings. The van der Waals surface area contributed by atoms with Crippen LogP contribution in [0.3, 0.4) is 0 Å². The van der Waals surface area contributed by atoms with Gasteiger partial charge in [0.05, 0.1) is 18.2 Å². The van der Waals surface area contributed by atoms with Gasteiger partial charge in [0, 0.05) is 13.0 Å². The van der Waals surface area contributed by atoms with E-state index in [9.17, 15) is 9.59 Å². The number of nitrogens with one attached hydrogen (secondary N) is 2. The second-order valence-electron chi connectivity index (χ2n) is 2.88. The molecule has 0 spiro atoms. The van der Waals surface area contributed by atoms with E-state index in [2.05, 4.69) is 15.3 Å². The molecule has 82 valence electrons. The number of carboxylic acid groups (broad SMARTS) is 1. The zero-order valence-corrected chi connectivity index (χ0v) is 7.93. The summed E-state index contributed by atoms with van der Waals surface area (Å²) in [6.07, 6.45) is 2.79. The fourth-order valence-electron chi connectivity index (χ4n) is 1.06. The summed E-state index contributed by atoms with van der Waals surface area (Å²) in [6.45, 7) is 0.182. The van der Waals surface area contributed by atoms with Crippen LogP contribution >= 0.6 is 0 Å². The lowest BCUT2D eigenvalue weighted by Crippen LogP contribution is -2.34. The van der Waals surface area contributed by atoms with E-state index in [0.29, 0.717) is 5.69 Å². The number of H-pyrrole nitrogens is 1. The van der Waals surface area contributed by atoms with Crippen LogP contribution < -0.4 is 11.1 Å². The largest absolute Gasteiger partial charge is 0.479 e. The minimum absolute atomic E-state index is 0.0952. The van der Waals surface area contributed by atoms with Crippen molar-refractivity contribution in [1.29, 1.82) is 0 Å². The number of hydrogen-bond acceptors (Lipinski definition) is 4. The van der Waals surface area contributed by atoms with Crippen LogP contribution in [0.5, 0.6) is 0 Å². The van der Waals surface area contributed by atoms with Crippen LogP contribution in [0.4, 0.5) is 0 Å². The van der Waals surface area contributed by atoms with E-state index >= 15 is 0 Å². The first-order valence-corrected chi connectivity index (χ1v) is 4.35. The minimum Gasteiger partial charge on any atom is -0.479 e. The number of aromatic nitrogens is 2. The van der Waals surface area contributed by atoms with Crippen LogP contribution in [0.2, 0.25) is 0 Å². The first-order chi connectivity index (χ1) is 7.15. The van der Waals surface area contributed by atoms with Gasteiger partial charge in [-0.25, -0.2) is 9.78 Å². The maximum atomic E-state index is 11.2. The van der Waals surface area contributed by atoms with Crippen LogP contribution in [0, 0.1) is 0 Å². The molecule has 0 aliphatic heterocycles. The highest BCUT2D eigenvalue weighted by Gasteiger charge is 2.22. The number of aliphatic carboxylic acids is 1. The van der Waals surface area contributed by atoms with E-state index in [4.69, 9.17) is 10.8 Å². The zero-order valence-electron chi connectivity index (χ0n) is 7.93. The molecule has 1 unspecified atom stereocenters. The average molecular weight is 212 g/mol. The summed E-state index contributed by atoms with van der Waals surface area (Å²) in [5.74, 6) is -1.55. The van der Waals surface area contributed by atoms with Gasteiger partial charge < -0.3 is 21.1 Å². The highest BCUT2D eigenvalue weighted by molar-refractivity contribution is 5.84. The molecule has 1 atom stereocenters. The Hall–Kier alpha value is -1.89. The molecule has 0 fully saturated rings. The normalized spacial score (nSPS) is 12.1. The second kappa shape index (κ2) is 5.11. The van der Waals surface area contributed by atoms with E-state index in [1.165, 1.54) is 12.5 Å². The van der Waals surface area contributed by atoms with E-state index in [-0.39, 0.29) is 13.0 Å². The number of imidazole rings is 1. The molecule has 0 aliphatic carbocycles. The molecule has 15 heavy (non-hydrogen) atoms. The summed E-state index contributed by atoms with van der Waals surface area (Å²) in [4.78, 5) is 28.3. The van der Waals surface area contributed by atoms with Crippen LogP contribution in [0.15, 0.2) is 12.5 Å². The van der Waals surface area contributed by atoms with Gasteiger partial charge >= 0.3 is 5.97 Å². The highest BCUT2D eigenvalue weighted by atomic mass is 16.4. The lowest BCUT2D eigenvalue weighted by molar-refractivity contribution is -0.142. The van der Waals surface area contributed by atoms with Gasteiger partial charge in [-0.15, -0.1) is 0 Å². The third-order valence-electron chi connectivity index (χ3n) is 1.75. The third-order valence-corrected chi connectivity index (χ3v) is 1.75. The Bertz CT molecular complexity index is 336. The summed E-state index contributed by atoms with van der Waals surface area (Å²) >= 11 is 0. The van der Waals surface area contributed by atoms with Crippen LogP contribution in [-0.4, -0.2) is 33.5 Å². The monoisotopic (exact) mass is 212 g/mol. The number of rotatable bonds is 5. The van der Waals surface area contributed by atoms with Crippen molar-refractivity contribution in [2.45, 2.75) is 12.5 Å². The molecular weight excluding hydrogens is 200 g/mol. The second-order valence-corrected chi connectivity index (χ2v) is 2.88. The molecule has 0 aromatic carbocycles. The van der Waals surface area contributed by atoms with Crippen molar-refractivity contribution >= 4 is 11.9 Å². The SMILES string of the molecule is NCCC(=O)NC(C(=O)O)c1cnc[nH]1. The standard InChI is InChI=1S/C8H12N4O3/c9-2-1-6(13)12-7(8(14)15)5-3-10-4-11-5/h3-4,7H,1-2,9H2,(H,10,11)(H,12,13)(H,14,15). The number of nitrogens with zero attached hydrogens (tertiary/aromatic N) is 1. The number of carbonyl (C=O) groups excluding carboxylic acids is 1. The molecule has 5 N–H and O–H groups in total. The fourth-order valence-corrected chi connectivity index (χ4v) is 1.06. The number of amides is 1. The predicted octanol–water partition coefficient (Wildman–Crippen LogP) is -1.000. The quantitative estimate of drug-likeness (QED) is 0.498. The van der Waals surface area contributed by atoms with E-state index < -0.39 is 17.9 Å². The molecule has 1 rings (SSSR count). The fraction of sp³-hybridized carbons (Fsp3) is 0.375. The summed E-state index contributed by atoms with van der Waals surface area (Å²) in [5, 5.41) is 11.2. The van der Waals surface area contributed by atoms with Gasteiger partial charge in [-0.3, -0.25) is 4.79 Å². The van der Waals surface area contributed by atoms with Crippen molar-refractivity contribution in [3.05, 3.63) is 18.2 Å². The summed E-state index contributed by atoms with van der Waals surface area (Å²) in [7, 11) is 0. The van der Waals surface area contributed by atoms with Crippen molar-refractivity contribution in [1.82, 2.24) is 15.3 Å². The maximum absolute atomic E-state index is 11.2. The molecule has 7 nitrogen and oxygen atoms in total. The smallest absolute Gasteiger partial charge is 0.332 e. The molecule has 0 saturated carbocycles. The van der Waals surface area contributed by atoms with Crippen LogP contribution in [-0.2, 0) is 9.59 Å². The Kier molecular flexibility index (Phi) is 3.81. The van der Waals surface area contributed by atoms with Crippen molar-refractivity contribution in [2.24, 2.45) is 5.73 Å². The van der Waals surface area contributed by atoms with Gasteiger partial charge in [0.2, 0.25) is 5.91 Å². The number of hydrogen-bond donors (Lipinski definition) is 4. The van der Waals surface area contributed by atoms with Crippen LogP contribution in [0.25, 0.3) is 0 Å². The summed E-state index contributed by atoms with van der Waals surface area (Å²) in [5.41, 5.74) is 5.50. The topological polar surface area (TPSA) is 121 Å². The lowest BCUT2D eigenvalue weighted by atomic mass is 10.2. The van der Waals surface area contributed by atoms with Gasteiger partial charge in [0.1, 0.15) is 0 Å². The number of nitrogens with two attached hydrogens (primary N) is 1. The first kappa shape index (κ1) is 11.2. The summed E-state index contributed by atoms with van der Waals surface area (Å²) < 4.78 is 0. The molecule has 1 heterocycles. The van der Waals surface area contributed by atoms with Crippen molar-refractivity contribution in [3.63, 3.8) is 0 Å². The molecule has 0 bridgehead atoms. The number of carboxylic acids is 1. The molecule has 0 aliphatic rings. The molecule has 7 heteroatoms. The molecule has 0 saturated heterocycles. The average Bonchev–Trinajstić information content (AvgIpc) is 2.66. The molecule has 1 amide bonds. The third kappa shape index (κ3) is 3.06. The maximum Gasteiger partial charge on any atom is 0.332 e. The Morgan fingerprint density at radius 3 is 2.87 bits per heavy atom. The number of aromatic amines is 1. The Morgan fingerprint density at radius 1 is 1.67 bits per heavy atom. The first-order valence-electron chi connectivity index (χ1n) is 4.35. The Balaban J connectivity index is 2.68. The molecular formula is C8H12N4O3.